The van der Waals surface area contributed by atoms with Gasteiger partial charge < -0.3 is 40.6 Å². The molecule has 0 radical (unpaired) electrons. The molecule has 2 atom stereocenters. The van der Waals surface area contributed by atoms with E-state index in [4.69, 9.17) is 35.5 Å². The first-order valence-corrected chi connectivity index (χ1v) is 18.4. The number of hydrogen-bond donors (Lipinski definition) is 3. The molecule has 52 heavy (non-hydrogen) atoms. The summed E-state index contributed by atoms with van der Waals surface area (Å²) in [5.41, 5.74) is 13.4. The molecule has 0 bridgehead atoms. The van der Waals surface area contributed by atoms with Gasteiger partial charge in [-0.3, -0.25) is 9.67 Å². The summed E-state index contributed by atoms with van der Waals surface area (Å²) in [6, 6.07) is 7.68. The molecule has 1 saturated heterocycles. The lowest BCUT2D eigenvalue weighted by Gasteiger charge is -2.32. The van der Waals surface area contributed by atoms with Crippen LogP contribution in [0.25, 0.3) is 5.57 Å². The van der Waals surface area contributed by atoms with Crippen LogP contribution in [-0.2, 0) is 9.47 Å². The molecule has 2 unspecified atom stereocenters. The van der Waals surface area contributed by atoms with Crippen molar-refractivity contribution < 1.29 is 18.9 Å². The second-order valence-corrected chi connectivity index (χ2v) is 13.3. The predicted molar refractivity (Wildman–Crippen MR) is 212 cm³/mol. The Hall–Kier alpha value is -4.38. The number of nitrogens with one attached hydrogen (secondary N) is 1. The van der Waals surface area contributed by atoms with E-state index >= 15 is 0 Å². The summed E-state index contributed by atoms with van der Waals surface area (Å²) in [6.45, 7) is 19.6. The van der Waals surface area contributed by atoms with Crippen molar-refractivity contribution in [1.82, 2.24) is 14.7 Å². The van der Waals surface area contributed by atoms with Gasteiger partial charge in [-0.05, 0) is 65.3 Å². The van der Waals surface area contributed by atoms with E-state index in [1.54, 1.807) is 31.5 Å². The minimum atomic E-state index is -0.298. The lowest BCUT2D eigenvalue weighted by atomic mass is 9.96. The quantitative estimate of drug-likeness (QED) is 0.104. The zero-order chi connectivity index (χ0) is 38.5. The molecular formula is C39H63N9O4. The number of rotatable bonds is 15. The average molecular weight is 722 g/mol. The van der Waals surface area contributed by atoms with Crippen molar-refractivity contribution in [3.05, 3.63) is 54.1 Å². The predicted octanol–water partition coefficient (Wildman–Crippen LogP) is 6.52. The summed E-state index contributed by atoms with van der Waals surface area (Å²) in [7, 11) is 3.83. The Kier molecular flexibility index (Phi) is 19.6. The van der Waals surface area contributed by atoms with Gasteiger partial charge in [0.25, 0.3) is 5.88 Å². The van der Waals surface area contributed by atoms with Gasteiger partial charge in [-0.2, -0.15) is 5.26 Å². The molecule has 5 N–H and O–H groups in total. The molecule has 1 saturated carbocycles. The topological polar surface area (TPSA) is 171 Å². The molecule has 288 valence electrons. The van der Waals surface area contributed by atoms with Crippen LogP contribution in [0, 0.1) is 11.3 Å². The number of nitriles is 1. The fraction of sp³-hybridized carbons (Fsp3) is 0.590. The number of allylic oxidation sites excluding steroid dienone is 1. The van der Waals surface area contributed by atoms with Crippen LogP contribution in [0.1, 0.15) is 97.2 Å². The molecule has 0 spiro atoms. The minimum absolute atomic E-state index is 0.282. The van der Waals surface area contributed by atoms with Crippen LogP contribution in [0.5, 0.6) is 11.6 Å². The second-order valence-electron chi connectivity index (χ2n) is 13.3. The number of morpholine rings is 1. The Balaban J connectivity index is 0.000000731. The second kappa shape index (κ2) is 23.2. The number of ether oxygens (including phenoxy) is 4. The first-order chi connectivity index (χ1) is 25.0. The molecular weight excluding hydrogens is 658 g/mol. The first-order valence-electron chi connectivity index (χ1n) is 18.4. The molecule has 4 rings (SSSR count). The Morgan fingerprint density at radius 2 is 1.83 bits per heavy atom. The van der Waals surface area contributed by atoms with E-state index in [0.717, 1.165) is 31.5 Å². The van der Waals surface area contributed by atoms with Crippen molar-refractivity contribution in [2.75, 3.05) is 52.3 Å². The molecule has 2 aliphatic rings. The summed E-state index contributed by atoms with van der Waals surface area (Å²) in [5.74, 6) is 1.32. The van der Waals surface area contributed by atoms with Gasteiger partial charge in [-0.15, -0.1) is 5.10 Å². The number of nitrogens with zero attached hydrogens (tertiary/aromatic N) is 6. The van der Waals surface area contributed by atoms with Crippen LogP contribution in [-0.4, -0.2) is 92.0 Å². The normalized spacial score (nSPS) is 18.6. The molecule has 0 amide bonds. The van der Waals surface area contributed by atoms with Gasteiger partial charge in [0, 0.05) is 44.6 Å². The van der Waals surface area contributed by atoms with Crippen LogP contribution < -0.4 is 26.3 Å². The number of hydrogen-bond acceptors (Lipinski definition) is 11. The molecule has 13 nitrogen and oxygen atoms in total. The Labute approximate surface area is 311 Å². The molecule has 1 aromatic heterocycles. The van der Waals surface area contributed by atoms with Crippen LogP contribution in [0.15, 0.2) is 53.0 Å². The SMILES string of the molecule is C=C(/N=C\C(=C/N)c1ccc(C#N)c(OCCN=CN)c1)Nc1cn(C2CCCCC2)nc1OCCC(C)(C)OC.CC.CC1CN(C)CC(C)O1. The van der Waals surface area contributed by atoms with Gasteiger partial charge >= 0.3 is 0 Å². The van der Waals surface area contributed by atoms with E-state index in [1.807, 2.05) is 38.6 Å². The van der Waals surface area contributed by atoms with Gasteiger partial charge in [0.1, 0.15) is 29.9 Å². The van der Waals surface area contributed by atoms with Crippen molar-refractivity contribution in [3.8, 4) is 17.7 Å². The highest BCUT2D eigenvalue weighted by atomic mass is 16.5. The number of anilines is 1. The standard InChI is InChI=1S/C30H42N8O3.C7H15NO.C2H6/c1-22(35-19-25(18-32)23-10-11-24(17-31)28(16-23)40-15-13-34-21-33)36-27-20-38(26-8-6-5-7-9-26)37-29(27)41-14-12-30(2,3)39-4;1-6-4-8(3)5-7(2)9-6;1-2/h10-11,16,18-21,26,36H,1,5-9,12-15,32H2,2-4H3,(H2,33,34);6-7H,4-5H2,1-3H3;1-2H3/b25-18+,35-19-;;. The smallest absolute Gasteiger partial charge is 0.256 e. The highest BCUT2D eigenvalue weighted by Crippen LogP contribution is 2.33. The van der Waals surface area contributed by atoms with Gasteiger partial charge in [0.05, 0.1) is 55.1 Å². The number of benzene rings is 1. The van der Waals surface area contributed by atoms with E-state index in [9.17, 15) is 5.26 Å². The fourth-order valence-electron chi connectivity index (χ4n) is 5.78. The molecule has 2 fully saturated rings. The highest BCUT2D eigenvalue weighted by Gasteiger charge is 2.22. The lowest BCUT2D eigenvalue weighted by molar-refractivity contribution is -0.0602. The van der Waals surface area contributed by atoms with Gasteiger partial charge in [0.2, 0.25) is 0 Å². The van der Waals surface area contributed by atoms with Crippen molar-refractivity contribution in [3.63, 3.8) is 0 Å². The van der Waals surface area contributed by atoms with Crippen LogP contribution in [0.3, 0.4) is 0 Å². The molecule has 2 heterocycles. The maximum atomic E-state index is 9.45. The van der Waals surface area contributed by atoms with E-state index in [0.29, 0.717) is 72.1 Å². The van der Waals surface area contributed by atoms with Crippen LogP contribution in [0.4, 0.5) is 5.69 Å². The Morgan fingerprint density at radius 3 is 2.42 bits per heavy atom. The maximum Gasteiger partial charge on any atom is 0.256 e. The van der Waals surface area contributed by atoms with Gasteiger partial charge in [-0.25, -0.2) is 4.99 Å². The Bertz CT molecular complexity index is 1460. The lowest BCUT2D eigenvalue weighted by Crippen LogP contribution is -2.42. The van der Waals surface area contributed by atoms with E-state index in [-0.39, 0.29) is 12.2 Å². The van der Waals surface area contributed by atoms with Crippen molar-refractivity contribution in [1.29, 1.82) is 5.26 Å². The average Bonchev–Trinajstić information content (AvgIpc) is 3.53. The van der Waals surface area contributed by atoms with Gasteiger partial charge in [0.15, 0.2) is 0 Å². The third kappa shape index (κ3) is 15.1. The minimum Gasteiger partial charge on any atom is -0.490 e. The van der Waals surface area contributed by atoms with E-state index in [1.165, 1.54) is 31.8 Å². The first kappa shape index (κ1) is 43.8. The summed E-state index contributed by atoms with van der Waals surface area (Å²) >= 11 is 0. The Morgan fingerprint density at radius 1 is 1.13 bits per heavy atom. The van der Waals surface area contributed by atoms with Gasteiger partial charge in [-0.1, -0.05) is 45.8 Å². The fourth-order valence-corrected chi connectivity index (χ4v) is 5.78. The van der Waals surface area contributed by atoms with Crippen molar-refractivity contribution in [2.45, 2.75) is 104 Å². The molecule has 1 aliphatic heterocycles. The van der Waals surface area contributed by atoms with Crippen molar-refractivity contribution in [2.24, 2.45) is 21.5 Å². The molecule has 1 aromatic carbocycles. The summed E-state index contributed by atoms with van der Waals surface area (Å²) < 4.78 is 24.9. The molecule has 2 aromatic rings. The van der Waals surface area contributed by atoms with Crippen LogP contribution in [0.2, 0.25) is 0 Å². The summed E-state index contributed by atoms with van der Waals surface area (Å²) in [6.07, 6.45) is 13.6. The molecule has 1 aliphatic carbocycles. The number of nitrogens with two attached hydrogens (primary N) is 2. The zero-order valence-electron chi connectivity index (χ0n) is 32.7. The van der Waals surface area contributed by atoms with E-state index in [2.05, 4.69) is 53.7 Å². The summed E-state index contributed by atoms with van der Waals surface area (Å²) in [4.78, 5) is 10.7. The van der Waals surface area contributed by atoms with Crippen molar-refractivity contribution >= 4 is 23.8 Å². The van der Waals surface area contributed by atoms with E-state index < -0.39 is 0 Å². The number of aromatic nitrogens is 2. The van der Waals surface area contributed by atoms with Crippen LogP contribution >= 0.6 is 0 Å². The highest BCUT2D eigenvalue weighted by molar-refractivity contribution is 6.10. The third-order valence-corrected chi connectivity index (χ3v) is 8.58. The number of methoxy groups -OCH3 is 1. The monoisotopic (exact) mass is 722 g/mol. The number of aliphatic imine (C=N–C) groups is 2. The summed E-state index contributed by atoms with van der Waals surface area (Å²) in [5, 5.41) is 17.5. The number of likely N-dealkylation sites (N-methyl/N-ethyl adjacent to an activating group) is 1. The maximum absolute atomic E-state index is 9.45. The zero-order valence-corrected chi connectivity index (χ0v) is 32.7. The largest absolute Gasteiger partial charge is 0.490 e. The third-order valence-electron chi connectivity index (χ3n) is 8.58. The molecule has 13 heteroatoms.